The predicted octanol–water partition coefficient (Wildman–Crippen LogP) is 3.77. The fraction of sp³-hybridized carbons (Fsp3) is 0. The van der Waals surface area contributed by atoms with Gasteiger partial charge in [-0.2, -0.15) is 0 Å². The molecule has 4 N–H and O–H groups in total. The first-order valence-electron chi connectivity index (χ1n) is 9.90. The Morgan fingerprint density at radius 3 is 2.41 bits per heavy atom. The number of hydrogen-bond donors (Lipinski definition) is 3. The van der Waals surface area contributed by atoms with Crippen LogP contribution < -0.4 is 11.1 Å². The van der Waals surface area contributed by atoms with Gasteiger partial charge >= 0.3 is 0 Å². The van der Waals surface area contributed by atoms with E-state index < -0.39 is 11.8 Å². The number of primary amides is 1. The zero-order valence-electron chi connectivity index (χ0n) is 16.8. The first-order valence-corrected chi connectivity index (χ1v) is 9.90. The van der Waals surface area contributed by atoms with Gasteiger partial charge in [0.15, 0.2) is 5.69 Å². The molecule has 0 unspecified atom stereocenters. The quantitative estimate of drug-likeness (QED) is 0.399. The number of benzene rings is 3. The number of nitrogens with one attached hydrogen (secondary N) is 2. The first kappa shape index (κ1) is 19.3. The summed E-state index contributed by atoms with van der Waals surface area (Å²) in [5.41, 5.74) is 9.38. The van der Waals surface area contributed by atoms with Gasteiger partial charge in [0.25, 0.3) is 11.8 Å². The van der Waals surface area contributed by atoms with Crippen molar-refractivity contribution >= 4 is 28.5 Å². The van der Waals surface area contributed by atoms with Crippen LogP contribution in [0, 0.1) is 0 Å². The monoisotopic (exact) mass is 422 g/mol. The molecule has 0 radical (unpaired) electrons. The number of nitrogens with two attached hydrogens (primary N) is 1. The van der Waals surface area contributed by atoms with Crippen molar-refractivity contribution in [1.82, 2.24) is 19.5 Å². The molecule has 0 aliphatic rings. The number of amides is 2. The van der Waals surface area contributed by atoms with Crippen molar-refractivity contribution in [3.05, 3.63) is 96.6 Å². The van der Waals surface area contributed by atoms with E-state index >= 15 is 0 Å². The Labute approximate surface area is 182 Å². The molecule has 0 saturated heterocycles. The van der Waals surface area contributed by atoms with E-state index in [1.54, 1.807) is 6.07 Å². The number of imidazole rings is 2. The number of carbonyl (C=O) groups is 2. The number of hydrogen-bond acceptors (Lipinski definition) is 4. The number of aromatic nitrogens is 4. The molecule has 0 saturated carbocycles. The number of nitrogens with zero attached hydrogens (tertiary/aromatic N) is 3. The topological polar surface area (TPSA) is 119 Å². The minimum atomic E-state index is -0.788. The molecular formula is C24H18N6O2. The molecule has 156 valence electrons. The van der Waals surface area contributed by atoms with Crippen LogP contribution in [0.2, 0.25) is 0 Å². The Morgan fingerprint density at radius 1 is 0.906 bits per heavy atom. The van der Waals surface area contributed by atoms with Gasteiger partial charge in [-0.05, 0) is 23.8 Å². The normalized spacial score (nSPS) is 10.9. The van der Waals surface area contributed by atoms with Crippen LogP contribution in [-0.4, -0.2) is 31.3 Å². The summed E-state index contributed by atoms with van der Waals surface area (Å²) < 4.78 is 1.39. The molecule has 0 fully saturated rings. The van der Waals surface area contributed by atoms with Crippen LogP contribution >= 0.6 is 0 Å². The molecule has 0 aliphatic heterocycles. The highest BCUT2D eigenvalue weighted by Gasteiger charge is 2.25. The third kappa shape index (κ3) is 3.39. The maximum absolute atomic E-state index is 13.1. The molecular weight excluding hydrogens is 404 g/mol. The summed E-state index contributed by atoms with van der Waals surface area (Å²) in [6.07, 6.45) is 1.36. The second-order valence-corrected chi connectivity index (χ2v) is 7.12. The summed E-state index contributed by atoms with van der Waals surface area (Å²) in [6, 6.07) is 24.5. The summed E-state index contributed by atoms with van der Waals surface area (Å²) in [4.78, 5) is 37.1. The van der Waals surface area contributed by atoms with Crippen molar-refractivity contribution < 1.29 is 9.59 Å². The van der Waals surface area contributed by atoms with Crippen molar-refractivity contribution in [2.24, 2.45) is 5.73 Å². The average Bonchev–Trinajstić information content (AvgIpc) is 3.44. The van der Waals surface area contributed by atoms with Crippen molar-refractivity contribution in [2.75, 3.05) is 5.32 Å². The van der Waals surface area contributed by atoms with Gasteiger partial charge in [-0.15, -0.1) is 0 Å². The SMILES string of the molecule is NC(=O)c1c(C(=O)Nc2ccccc2-c2ccccc2)ncn1-c1nc2ccccc2[nH]1. The molecule has 2 heterocycles. The number of rotatable bonds is 5. The van der Waals surface area contributed by atoms with Crippen LogP contribution in [0.15, 0.2) is 85.2 Å². The number of para-hydroxylation sites is 3. The van der Waals surface area contributed by atoms with Gasteiger partial charge in [0.1, 0.15) is 12.0 Å². The summed E-state index contributed by atoms with van der Waals surface area (Å²) in [5, 5.41) is 2.86. The lowest BCUT2D eigenvalue weighted by Gasteiger charge is -2.11. The average molecular weight is 422 g/mol. The van der Waals surface area contributed by atoms with Gasteiger partial charge in [0, 0.05) is 11.3 Å². The molecule has 8 nitrogen and oxygen atoms in total. The van der Waals surface area contributed by atoms with Crippen molar-refractivity contribution in [2.45, 2.75) is 0 Å². The van der Waals surface area contributed by atoms with Crippen LogP contribution in [-0.2, 0) is 0 Å². The van der Waals surface area contributed by atoms with Crippen LogP contribution in [0.4, 0.5) is 5.69 Å². The van der Waals surface area contributed by atoms with Crippen LogP contribution in [0.25, 0.3) is 28.1 Å². The molecule has 0 atom stereocenters. The minimum Gasteiger partial charge on any atom is -0.364 e. The van der Waals surface area contributed by atoms with Gasteiger partial charge in [-0.3, -0.25) is 14.2 Å². The Balaban J connectivity index is 1.53. The Kier molecular flexibility index (Phi) is 4.72. The van der Waals surface area contributed by atoms with Crippen molar-refractivity contribution in [3.8, 4) is 17.1 Å². The fourth-order valence-electron chi connectivity index (χ4n) is 3.61. The lowest BCUT2D eigenvalue weighted by atomic mass is 10.0. The molecule has 32 heavy (non-hydrogen) atoms. The minimum absolute atomic E-state index is 0.0567. The molecule has 2 amide bonds. The Hall–Kier alpha value is -4.72. The zero-order valence-corrected chi connectivity index (χ0v) is 16.8. The largest absolute Gasteiger partial charge is 0.364 e. The smallest absolute Gasteiger partial charge is 0.276 e. The second-order valence-electron chi connectivity index (χ2n) is 7.12. The molecule has 0 spiro atoms. The van der Waals surface area contributed by atoms with Crippen LogP contribution in [0.5, 0.6) is 0 Å². The van der Waals surface area contributed by atoms with E-state index in [9.17, 15) is 9.59 Å². The maximum Gasteiger partial charge on any atom is 0.276 e. The van der Waals surface area contributed by atoms with Gasteiger partial charge in [0.05, 0.1) is 11.0 Å². The number of anilines is 1. The highest BCUT2D eigenvalue weighted by Crippen LogP contribution is 2.28. The van der Waals surface area contributed by atoms with Crippen LogP contribution in [0.3, 0.4) is 0 Å². The molecule has 3 aromatic carbocycles. The third-order valence-corrected chi connectivity index (χ3v) is 5.08. The van der Waals surface area contributed by atoms with Gasteiger partial charge < -0.3 is 16.0 Å². The van der Waals surface area contributed by atoms with E-state index in [1.807, 2.05) is 72.8 Å². The summed E-state index contributed by atoms with van der Waals surface area (Å²) >= 11 is 0. The summed E-state index contributed by atoms with van der Waals surface area (Å²) in [7, 11) is 0. The number of fused-ring (bicyclic) bond motifs is 1. The Bertz CT molecular complexity index is 1420. The van der Waals surface area contributed by atoms with Crippen LogP contribution in [0.1, 0.15) is 21.0 Å². The van der Waals surface area contributed by atoms with Crippen molar-refractivity contribution in [3.63, 3.8) is 0 Å². The van der Waals surface area contributed by atoms with Crippen molar-refractivity contribution in [1.29, 1.82) is 0 Å². The van der Waals surface area contributed by atoms with E-state index in [0.717, 1.165) is 22.2 Å². The highest BCUT2D eigenvalue weighted by atomic mass is 16.2. The van der Waals surface area contributed by atoms with E-state index in [4.69, 9.17) is 5.73 Å². The molecule has 0 aliphatic carbocycles. The van der Waals surface area contributed by atoms with E-state index in [1.165, 1.54) is 10.9 Å². The molecule has 5 rings (SSSR count). The van der Waals surface area contributed by atoms with E-state index in [0.29, 0.717) is 11.6 Å². The second kappa shape index (κ2) is 7.84. The first-order chi connectivity index (χ1) is 15.6. The summed E-state index contributed by atoms with van der Waals surface area (Å²) in [5.74, 6) is -0.988. The highest BCUT2D eigenvalue weighted by molar-refractivity contribution is 6.11. The lowest BCUT2D eigenvalue weighted by molar-refractivity contribution is 0.0970. The fourth-order valence-corrected chi connectivity index (χ4v) is 3.61. The molecule has 5 aromatic rings. The third-order valence-electron chi connectivity index (χ3n) is 5.08. The van der Waals surface area contributed by atoms with E-state index in [2.05, 4.69) is 20.3 Å². The van der Waals surface area contributed by atoms with Gasteiger partial charge in [0.2, 0.25) is 5.95 Å². The van der Waals surface area contributed by atoms with Gasteiger partial charge in [-0.25, -0.2) is 9.97 Å². The number of carbonyl (C=O) groups excluding carboxylic acids is 2. The molecule has 0 bridgehead atoms. The molecule has 8 heteroatoms. The van der Waals surface area contributed by atoms with E-state index in [-0.39, 0.29) is 11.4 Å². The standard InChI is InChI=1S/C24H18N6O2/c25-22(31)21-20(26-14-30(21)24-28-18-12-6-7-13-19(18)29-24)23(32)27-17-11-5-4-10-16(17)15-8-2-1-3-9-15/h1-14H,(H2,25,31)(H,27,32)(H,28,29). The summed E-state index contributed by atoms with van der Waals surface area (Å²) in [6.45, 7) is 0. The number of aromatic amines is 1. The predicted molar refractivity (Wildman–Crippen MR) is 122 cm³/mol. The Morgan fingerprint density at radius 2 is 1.62 bits per heavy atom. The molecule has 2 aromatic heterocycles. The number of H-pyrrole nitrogens is 1. The maximum atomic E-state index is 13.1. The lowest BCUT2D eigenvalue weighted by Crippen LogP contribution is -2.23. The zero-order chi connectivity index (χ0) is 22.1. The van der Waals surface area contributed by atoms with Gasteiger partial charge in [-0.1, -0.05) is 60.7 Å².